The molecule has 2 N–H and O–H groups in total. The van der Waals surface area contributed by atoms with Gasteiger partial charge in [-0.25, -0.2) is 9.78 Å². The van der Waals surface area contributed by atoms with Gasteiger partial charge in [-0.2, -0.15) is 0 Å². The van der Waals surface area contributed by atoms with Crippen molar-refractivity contribution < 1.29 is 33.8 Å². The van der Waals surface area contributed by atoms with Gasteiger partial charge in [0.1, 0.15) is 28.5 Å². The summed E-state index contributed by atoms with van der Waals surface area (Å²) in [5.74, 6) is -0.536. The summed E-state index contributed by atoms with van der Waals surface area (Å²) in [5, 5.41) is 15.5. The minimum Gasteiger partial charge on any atom is -0.496 e. The van der Waals surface area contributed by atoms with Crippen molar-refractivity contribution in [2.75, 3.05) is 39.9 Å². The number of ketones is 1. The highest BCUT2D eigenvalue weighted by atomic mass is 32.1. The first-order valence-corrected chi connectivity index (χ1v) is 18.8. The lowest BCUT2D eigenvalue weighted by atomic mass is 9.82. The number of amides is 3. The third-order valence-electron chi connectivity index (χ3n) is 10.2. The molecule has 13 heteroatoms. The third kappa shape index (κ3) is 8.66. The molecule has 0 bridgehead atoms. The molecule has 3 fully saturated rings. The number of para-hydroxylation sites is 1. The summed E-state index contributed by atoms with van der Waals surface area (Å²) < 4.78 is 11.4. The van der Waals surface area contributed by atoms with Crippen molar-refractivity contribution in [3.63, 3.8) is 0 Å². The van der Waals surface area contributed by atoms with E-state index in [0.29, 0.717) is 36.0 Å². The third-order valence-corrected chi connectivity index (χ3v) is 11.1. The summed E-state index contributed by atoms with van der Waals surface area (Å²) in [5.41, 5.74) is 0.341. The maximum absolute atomic E-state index is 14.9. The number of piperazine rings is 1. The van der Waals surface area contributed by atoms with Crippen LogP contribution in [0, 0.1) is 11.3 Å². The van der Waals surface area contributed by atoms with Crippen molar-refractivity contribution in [3.05, 3.63) is 45.9 Å². The van der Waals surface area contributed by atoms with E-state index in [0.717, 1.165) is 50.0 Å². The number of methoxy groups -OCH3 is 1. The molecule has 50 heavy (non-hydrogen) atoms. The Labute approximate surface area is 299 Å². The number of rotatable bonds is 12. The number of fused-ring (bicyclic) bond motifs is 1. The first-order valence-electron chi connectivity index (χ1n) is 17.9. The minimum absolute atomic E-state index is 0.0548. The van der Waals surface area contributed by atoms with E-state index in [4.69, 9.17) is 14.5 Å². The molecule has 2 aliphatic heterocycles. The van der Waals surface area contributed by atoms with Gasteiger partial charge in [-0.15, -0.1) is 11.3 Å². The molecule has 0 unspecified atom stereocenters. The Morgan fingerprint density at radius 2 is 1.82 bits per heavy atom. The number of thiazole rings is 1. The zero-order valence-corrected chi connectivity index (χ0v) is 31.0. The van der Waals surface area contributed by atoms with Gasteiger partial charge in [-0.1, -0.05) is 52.2 Å². The minimum atomic E-state index is -1.17. The molecule has 3 heterocycles. The number of nitrogens with one attached hydrogen (secondary N) is 1. The van der Waals surface area contributed by atoms with E-state index in [1.165, 1.54) is 18.4 Å². The molecular weight excluding hydrogens is 659 g/mol. The topological polar surface area (TPSA) is 142 Å². The van der Waals surface area contributed by atoms with E-state index < -0.39 is 30.1 Å². The smallest absolute Gasteiger partial charge is 0.407 e. The normalized spacial score (nSPS) is 22.8. The molecule has 3 amide bonds. The van der Waals surface area contributed by atoms with Gasteiger partial charge in [0, 0.05) is 44.2 Å². The summed E-state index contributed by atoms with van der Waals surface area (Å²) in [4.78, 5) is 64.8. The van der Waals surface area contributed by atoms with Gasteiger partial charge < -0.3 is 24.8 Å². The van der Waals surface area contributed by atoms with Crippen LogP contribution in [0.3, 0.4) is 0 Å². The Morgan fingerprint density at radius 1 is 1.10 bits per heavy atom. The summed E-state index contributed by atoms with van der Waals surface area (Å²) in [6.45, 7) is 11.8. The van der Waals surface area contributed by atoms with Crippen LogP contribution >= 0.6 is 11.3 Å². The molecule has 1 aliphatic carbocycles. The quantitative estimate of drug-likeness (QED) is 0.284. The maximum atomic E-state index is 14.9. The van der Waals surface area contributed by atoms with Gasteiger partial charge in [0.2, 0.25) is 17.6 Å². The van der Waals surface area contributed by atoms with Gasteiger partial charge in [0.25, 0.3) is 0 Å². The largest absolute Gasteiger partial charge is 0.496 e. The predicted octanol–water partition coefficient (Wildman–Crippen LogP) is 5.23. The second-order valence-electron chi connectivity index (χ2n) is 15.1. The summed E-state index contributed by atoms with van der Waals surface area (Å²) in [7, 11) is 1.53. The molecule has 274 valence electrons. The fourth-order valence-corrected chi connectivity index (χ4v) is 8.58. The Hall–Kier alpha value is -3.55. The zero-order valence-electron chi connectivity index (χ0n) is 30.2. The number of hydrogen-bond acceptors (Lipinski definition) is 9. The number of aromatic nitrogens is 1. The molecule has 0 radical (unpaired) electrons. The fourth-order valence-electron chi connectivity index (χ4n) is 7.68. The van der Waals surface area contributed by atoms with Crippen molar-refractivity contribution in [3.8, 4) is 5.75 Å². The molecule has 0 spiro atoms. The van der Waals surface area contributed by atoms with Crippen LogP contribution in [-0.2, 0) is 14.3 Å². The zero-order chi connectivity index (χ0) is 36.2. The number of nitrogens with zero attached hydrogens (tertiary/aromatic N) is 4. The average molecular weight is 712 g/mol. The highest BCUT2D eigenvalue weighted by Gasteiger charge is 2.47. The summed E-state index contributed by atoms with van der Waals surface area (Å²) >= 11 is 1.35. The molecular formula is C37H53N5O7S. The van der Waals surface area contributed by atoms with E-state index in [2.05, 4.69) is 10.2 Å². The lowest BCUT2D eigenvalue weighted by molar-refractivity contribution is -0.144. The van der Waals surface area contributed by atoms with E-state index in [9.17, 15) is 24.3 Å². The molecule has 12 nitrogen and oxygen atoms in total. The van der Waals surface area contributed by atoms with Crippen molar-refractivity contribution in [1.29, 1.82) is 0 Å². The van der Waals surface area contributed by atoms with Gasteiger partial charge in [0.15, 0.2) is 0 Å². The Morgan fingerprint density at radius 3 is 2.48 bits per heavy atom. The van der Waals surface area contributed by atoms with Crippen molar-refractivity contribution in [2.24, 2.45) is 11.3 Å². The van der Waals surface area contributed by atoms with Crippen LogP contribution in [0.15, 0.2) is 29.6 Å². The van der Waals surface area contributed by atoms with Gasteiger partial charge in [-0.3, -0.25) is 24.2 Å². The predicted molar refractivity (Wildman–Crippen MR) is 191 cm³/mol. The summed E-state index contributed by atoms with van der Waals surface area (Å²) in [6.07, 6.45) is 4.26. The molecule has 1 aromatic carbocycles. The molecule has 5 atom stereocenters. The SMILES string of the molecule is CCO[C@@H]1C[C@@H]2CN(C(=O)[C@@H](NC(=O)[C@H](C)N(CC(C)(C)C)C(=O)O)C3CCCCC3)[C@H](c3nc(C(=O)c4ccccc4OC)cs3)CN2C1. The first-order chi connectivity index (χ1) is 23.8. The fraction of sp³-hybridized carbons (Fsp3) is 0.649. The van der Waals surface area contributed by atoms with Gasteiger partial charge in [0.05, 0.1) is 24.8 Å². The van der Waals surface area contributed by atoms with Crippen molar-refractivity contribution in [1.82, 2.24) is 25.0 Å². The lowest BCUT2D eigenvalue weighted by Gasteiger charge is -2.45. The average Bonchev–Trinajstić information content (AvgIpc) is 3.75. The lowest BCUT2D eigenvalue weighted by Crippen LogP contribution is -2.61. The highest BCUT2D eigenvalue weighted by molar-refractivity contribution is 7.10. The molecule has 3 aliphatic rings. The Kier molecular flexibility index (Phi) is 12.2. The summed E-state index contributed by atoms with van der Waals surface area (Å²) in [6, 6.07) is 4.88. The number of benzene rings is 1. The first kappa shape index (κ1) is 37.7. The van der Waals surface area contributed by atoms with Crippen LogP contribution in [0.25, 0.3) is 0 Å². The van der Waals surface area contributed by atoms with Crippen LogP contribution in [0.4, 0.5) is 4.79 Å². The number of carbonyl (C=O) groups excluding carboxylic acids is 3. The van der Waals surface area contributed by atoms with Crippen LogP contribution in [0.1, 0.15) is 100 Å². The second-order valence-corrected chi connectivity index (χ2v) is 15.9. The van der Waals surface area contributed by atoms with Crippen LogP contribution in [-0.4, -0.2) is 113 Å². The number of hydrogen-bond donors (Lipinski definition) is 2. The van der Waals surface area contributed by atoms with Crippen molar-refractivity contribution >= 4 is 35.0 Å². The Bertz CT molecular complexity index is 1520. The second kappa shape index (κ2) is 16.2. The van der Waals surface area contributed by atoms with E-state index in [-0.39, 0.29) is 47.4 Å². The van der Waals surface area contributed by atoms with Crippen LogP contribution in [0.2, 0.25) is 0 Å². The van der Waals surface area contributed by atoms with Gasteiger partial charge >= 0.3 is 6.09 Å². The molecule has 5 rings (SSSR count). The highest BCUT2D eigenvalue weighted by Crippen LogP contribution is 2.37. The number of ether oxygens (including phenoxy) is 2. The molecule has 2 aromatic rings. The molecule has 2 saturated heterocycles. The van der Waals surface area contributed by atoms with Crippen molar-refractivity contribution in [2.45, 2.75) is 103 Å². The number of carbonyl (C=O) groups is 4. The Balaban J connectivity index is 1.46. The number of carboxylic acid groups (broad SMARTS) is 1. The standard InChI is InChI=1S/C37H53N5O7S/c1-7-49-26-17-25-18-41(29(20-40(25)19-26)34-38-28(21-50-34)32(43)27-15-11-12-16-30(27)48-6)35(45)31(24-13-9-8-10-14-24)39-33(44)23(2)42(36(46)47)22-37(3,4)5/h11-12,15-16,21,23-26,29,31H,7-10,13-14,17-20,22H2,1-6H3,(H,39,44)(H,46,47)/t23-,25+,26+,29-,31-/m0/s1. The van der Waals surface area contributed by atoms with Crippen LogP contribution < -0.4 is 10.1 Å². The monoisotopic (exact) mass is 711 g/mol. The molecule has 1 aromatic heterocycles. The maximum Gasteiger partial charge on any atom is 0.407 e. The van der Waals surface area contributed by atoms with Crippen LogP contribution in [0.5, 0.6) is 5.75 Å². The van der Waals surface area contributed by atoms with E-state index >= 15 is 0 Å². The van der Waals surface area contributed by atoms with Gasteiger partial charge in [-0.05, 0) is 56.6 Å². The van der Waals surface area contributed by atoms with E-state index in [1.54, 1.807) is 30.5 Å². The molecule has 1 saturated carbocycles. The van der Waals surface area contributed by atoms with E-state index in [1.807, 2.05) is 38.7 Å².